The number of benzene rings is 1. The van der Waals surface area contributed by atoms with Crippen LogP contribution in [0.25, 0.3) is 6.08 Å². The molecule has 3 heteroatoms. The molecular formula is C13H17NO2. The number of esters is 1. The minimum absolute atomic E-state index is 0.342. The van der Waals surface area contributed by atoms with Gasteiger partial charge in [-0.3, -0.25) is 0 Å². The van der Waals surface area contributed by atoms with Crippen LogP contribution in [0, 0.1) is 6.92 Å². The Bertz CT molecular complexity index is 408. The minimum Gasteiger partial charge on any atom is -0.466 e. The van der Waals surface area contributed by atoms with E-state index >= 15 is 0 Å². The van der Waals surface area contributed by atoms with Crippen molar-refractivity contribution in [1.29, 1.82) is 0 Å². The van der Waals surface area contributed by atoms with Crippen LogP contribution in [0.2, 0.25) is 0 Å². The fourth-order valence-corrected chi connectivity index (χ4v) is 1.41. The van der Waals surface area contributed by atoms with Gasteiger partial charge in [0, 0.05) is 25.9 Å². The van der Waals surface area contributed by atoms with E-state index in [9.17, 15) is 4.79 Å². The molecule has 0 heterocycles. The van der Waals surface area contributed by atoms with Crippen LogP contribution < -0.4 is 4.90 Å². The summed E-state index contributed by atoms with van der Waals surface area (Å²) in [6, 6.07) is 6.09. The molecule has 0 fully saturated rings. The van der Waals surface area contributed by atoms with Crippen LogP contribution in [0.15, 0.2) is 24.3 Å². The van der Waals surface area contributed by atoms with Gasteiger partial charge in [-0.2, -0.15) is 0 Å². The summed E-state index contributed by atoms with van der Waals surface area (Å²) in [7, 11) is 5.32. The summed E-state index contributed by atoms with van der Waals surface area (Å²) in [6.07, 6.45) is 3.19. The molecule has 0 aliphatic rings. The van der Waals surface area contributed by atoms with E-state index in [1.165, 1.54) is 18.7 Å². The van der Waals surface area contributed by atoms with Crippen molar-refractivity contribution in [2.45, 2.75) is 6.92 Å². The highest BCUT2D eigenvalue weighted by molar-refractivity contribution is 5.88. The summed E-state index contributed by atoms with van der Waals surface area (Å²) in [4.78, 5) is 13.0. The van der Waals surface area contributed by atoms with Gasteiger partial charge in [0.05, 0.1) is 7.11 Å². The lowest BCUT2D eigenvalue weighted by Crippen LogP contribution is -2.10. The first-order valence-electron chi connectivity index (χ1n) is 5.08. The molecule has 1 aromatic carbocycles. The van der Waals surface area contributed by atoms with Crippen LogP contribution in [-0.2, 0) is 9.53 Å². The SMILES string of the molecule is COC(=O)/C=C/c1ccc(C)cc1N(C)C. The molecule has 0 aliphatic carbocycles. The highest BCUT2D eigenvalue weighted by Crippen LogP contribution is 2.21. The van der Waals surface area contributed by atoms with Gasteiger partial charge in [-0.15, -0.1) is 0 Å². The van der Waals surface area contributed by atoms with Crippen molar-refractivity contribution < 1.29 is 9.53 Å². The second-order valence-electron chi connectivity index (χ2n) is 3.81. The smallest absolute Gasteiger partial charge is 0.330 e. The van der Waals surface area contributed by atoms with Gasteiger partial charge in [-0.1, -0.05) is 12.1 Å². The maximum atomic E-state index is 11.0. The molecule has 0 radical (unpaired) electrons. The predicted octanol–water partition coefficient (Wildman–Crippen LogP) is 2.25. The molecule has 0 saturated carbocycles. The van der Waals surface area contributed by atoms with Crippen LogP contribution >= 0.6 is 0 Å². The third kappa shape index (κ3) is 3.12. The van der Waals surface area contributed by atoms with E-state index in [0.29, 0.717) is 0 Å². The molecule has 3 nitrogen and oxygen atoms in total. The number of ether oxygens (including phenoxy) is 1. The summed E-state index contributed by atoms with van der Waals surface area (Å²) in [6.45, 7) is 2.04. The van der Waals surface area contributed by atoms with Crippen molar-refractivity contribution in [3.63, 3.8) is 0 Å². The number of hydrogen-bond donors (Lipinski definition) is 0. The van der Waals surface area contributed by atoms with Crippen molar-refractivity contribution in [2.75, 3.05) is 26.1 Å². The van der Waals surface area contributed by atoms with Gasteiger partial charge in [-0.25, -0.2) is 4.79 Å². The Morgan fingerprint density at radius 2 is 2.06 bits per heavy atom. The average molecular weight is 219 g/mol. The zero-order valence-electron chi connectivity index (χ0n) is 10.2. The fourth-order valence-electron chi connectivity index (χ4n) is 1.41. The van der Waals surface area contributed by atoms with Gasteiger partial charge < -0.3 is 9.64 Å². The lowest BCUT2D eigenvalue weighted by Gasteiger charge is -2.16. The third-order valence-electron chi connectivity index (χ3n) is 2.27. The van der Waals surface area contributed by atoms with Gasteiger partial charge in [0.15, 0.2) is 0 Å². The number of rotatable bonds is 3. The molecular weight excluding hydrogens is 202 g/mol. The molecule has 1 aromatic rings. The molecule has 16 heavy (non-hydrogen) atoms. The first kappa shape index (κ1) is 12.3. The molecule has 0 aliphatic heterocycles. The van der Waals surface area contributed by atoms with Crippen molar-refractivity contribution in [3.8, 4) is 0 Å². The summed E-state index contributed by atoms with van der Waals surface area (Å²) in [5.74, 6) is -0.342. The molecule has 0 bridgehead atoms. The monoisotopic (exact) mass is 219 g/mol. The van der Waals surface area contributed by atoms with E-state index in [2.05, 4.69) is 10.8 Å². The summed E-state index contributed by atoms with van der Waals surface area (Å²) >= 11 is 0. The normalized spacial score (nSPS) is 10.5. The Labute approximate surface area is 96.3 Å². The van der Waals surface area contributed by atoms with Gasteiger partial charge >= 0.3 is 5.97 Å². The van der Waals surface area contributed by atoms with Gasteiger partial charge in [0.2, 0.25) is 0 Å². The predicted molar refractivity (Wildman–Crippen MR) is 66.6 cm³/mol. The lowest BCUT2D eigenvalue weighted by molar-refractivity contribution is -0.134. The second-order valence-corrected chi connectivity index (χ2v) is 3.81. The highest BCUT2D eigenvalue weighted by Gasteiger charge is 2.02. The van der Waals surface area contributed by atoms with Crippen LogP contribution in [0.5, 0.6) is 0 Å². The largest absolute Gasteiger partial charge is 0.466 e. The summed E-state index contributed by atoms with van der Waals surface area (Å²) in [5, 5.41) is 0. The Morgan fingerprint density at radius 3 is 2.62 bits per heavy atom. The Kier molecular flexibility index (Phi) is 4.11. The van der Waals surface area contributed by atoms with Crippen molar-refractivity contribution in [2.24, 2.45) is 0 Å². The zero-order valence-corrected chi connectivity index (χ0v) is 10.2. The number of nitrogens with zero attached hydrogens (tertiary/aromatic N) is 1. The van der Waals surface area contributed by atoms with E-state index in [1.807, 2.05) is 38.1 Å². The molecule has 0 atom stereocenters. The van der Waals surface area contributed by atoms with Crippen molar-refractivity contribution >= 4 is 17.7 Å². The molecule has 0 saturated heterocycles. The van der Waals surface area contributed by atoms with Crippen molar-refractivity contribution in [3.05, 3.63) is 35.4 Å². The van der Waals surface area contributed by atoms with Crippen molar-refractivity contribution in [1.82, 2.24) is 0 Å². The molecule has 1 rings (SSSR count). The Morgan fingerprint density at radius 1 is 1.38 bits per heavy atom. The number of aryl methyl sites for hydroxylation is 1. The van der Waals surface area contributed by atoms with E-state index in [4.69, 9.17) is 0 Å². The molecule has 0 spiro atoms. The number of methoxy groups -OCH3 is 1. The third-order valence-corrected chi connectivity index (χ3v) is 2.27. The first-order valence-corrected chi connectivity index (χ1v) is 5.08. The maximum absolute atomic E-state index is 11.0. The maximum Gasteiger partial charge on any atom is 0.330 e. The van der Waals surface area contributed by atoms with Crippen LogP contribution in [0.3, 0.4) is 0 Å². The summed E-state index contributed by atoms with van der Waals surface area (Å²) in [5.41, 5.74) is 3.28. The lowest BCUT2D eigenvalue weighted by atomic mass is 10.1. The minimum atomic E-state index is -0.342. The standard InChI is InChI=1S/C13H17NO2/c1-10-5-6-11(7-8-13(15)16-4)12(9-10)14(2)3/h5-9H,1-4H3/b8-7+. The van der Waals surface area contributed by atoms with Crippen LogP contribution in [0.4, 0.5) is 5.69 Å². The zero-order chi connectivity index (χ0) is 12.1. The molecule has 0 N–H and O–H groups in total. The number of carbonyl (C=O) groups is 1. The van der Waals surface area contributed by atoms with E-state index < -0.39 is 0 Å². The van der Waals surface area contributed by atoms with Crippen LogP contribution in [-0.4, -0.2) is 27.2 Å². The highest BCUT2D eigenvalue weighted by atomic mass is 16.5. The number of hydrogen-bond acceptors (Lipinski definition) is 3. The van der Waals surface area contributed by atoms with Crippen LogP contribution in [0.1, 0.15) is 11.1 Å². The molecule has 0 unspecified atom stereocenters. The van der Waals surface area contributed by atoms with Gasteiger partial charge in [0.1, 0.15) is 0 Å². The summed E-state index contributed by atoms with van der Waals surface area (Å²) < 4.78 is 4.56. The van der Waals surface area contributed by atoms with E-state index in [1.54, 1.807) is 6.08 Å². The topological polar surface area (TPSA) is 29.5 Å². The van der Waals surface area contributed by atoms with E-state index in [0.717, 1.165) is 11.3 Å². The molecule has 0 amide bonds. The van der Waals surface area contributed by atoms with Gasteiger partial charge in [0.25, 0.3) is 0 Å². The first-order chi connectivity index (χ1) is 7.54. The average Bonchev–Trinajstić information content (AvgIpc) is 2.26. The Hall–Kier alpha value is -1.77. The second kappa shape index (κ2) is 5.35. The fraction of sp³-hybridized carbons (Fsp3) is 0.308. The number of carbonyl (C=O) groups excluding carboxylic acids is 1. The number of anilines is 1. The van der Waals surface area contributed by atoms with Gasteiger partial charge in [-0.05, 0) is 30.2 Å². The quantitative estimate of drug-likeness (QED) is 0.577. The molecule has 86 valence electrons. The van der Waals surface area contributed by atoms with E-state index in [-0.39, 0.29) is 5.97 Å². The Balaban J connectivity index is 3.04. The molecule has 0 aromatic heterocycles.